The van der Waals surface area contributed by atoms with Gasteiger partial charge in [0.05, 0.1) is 11.8 Å². The van der Waals surface area contributed by atoms with Gasteiger partial charge in [0.1, 0.15) is 5.01 Å². The Kier molecular flexibility index (Phi) is 5.30. The third kappa shape index (κ3) is 3.84. The molecule has 3 aromatic rings. The minimum absolute atomic E-state index is 0.115. The predicted molar refractivity (Wildman–Crippen MR) is 95.7 cm³/mol. The lowest BCUT2D eigenvalue weighted by Gasteiger charge is -2.16. The van der Waals surface area contributed by atoms with Crippen LogP contribution >= 0.6 is 11.3 Å². The number of hydrogen-bond acceptors (Lipinski definition) is 6. The minimum Gasteiger partial charge on any atom is -0.387 e. The lowest BCUT2D eigenvalue weighted by atomic mass is 10.1. The molecule has 2 N–H and O–H groups in total. The quantitative estimate of drug-likeness (QED) is 0.720. The average molecular weight is 340 g/mol. The van der Waals surface area contributed by atoms with Crippen molar-refractivity contribution < 1.29 is 5.11 Å². The molecule has 2 unspecified atom stereocenters. The van der Waals surface area contributed by atoms with Gasteiger partial charge >= 0.3 is 0 Å². The summed E-state index contributed by atoms with van der Waals surface area (Å²) in [5, 5.41) is 14.6. The maximum Gasteiger partial charge on any atom is 0.125 e. The molecule has 0 saturated heterocycles. The van der Waals surface area contributed by atoms with Gasteiger partial charge in [-0.2, -0.15) is 0 Å². The number of aryl methyl sites for hydroxylation is 1. The van der Waals surface area contributed by atoms with Crippen molar-refractivity contribution in [2.24, 2.45) is 0 Å². The van der Waals surface area contributed by atoms with Gasteiger partial charge in [0.15, 0.2) is 0 Å². The Morgan fingerprint density at radius 2 is 1.96 bits per heavy atom. The molecule has 0 aliphatic rings. The van der Waals surface area contributed by atoms with E-state index in [9.17, 15) is 5.11 Å². The monoisotopic (exact) mass is 340 g/mol. The molecule has 0 aromatic carbocycles. The van der Waals surface area contributed by atoms with Crippen LogP contribution in [0.4, 0.5) is 0 Å². The molecule has 5 nitrogen and oxygen atoms in total. The normalized spacial score (nSPS) is 13.6. The smallest absolute Gasteiger partial charge is 0.125 e. The lowest BCUT2D eigenvalue weighted by molar-refractivity contribution is 0.171. The molecule has 0 spiro atoms. The number of nitrogens with one attached hydrogen (secondary N) is 1. The zero-order chi connectivity index (χ0) is 16.9. The van der Waals surface area contributed by atoms with Crippen molar-refractivity contribution in [1.82, 2.24) is 20.3 Å². The van der Waals surface area contributed by atoms with Crippen molar-refractivity contribution in [3.8, 4) is 10.6 Å². The maximum absolute atomic E-state index is 10.3. The van der Waals surface area contributed by atoms with E-state index < -0.39 is 6.10 Å². The summed E-state index contributed by atoms with van der Waals surface area (Å²) in [7, 11) is 0. The fraction of sp³-hybridized carbons (Fsp3) is 0.278. The van der Waals surface area contributed by atoms with Gasteiger partial charge < -0.3 is 10.4 Å². The van der Waals surface area contributed by atoms with Crippen LogP contribution in [0, 0.1) is 6.92 Å². The third-order valence-electron chi connectivity index (χ3n) is 3.84. The van der Waals surface area contributed by atoms with Crippen LogP contribution in [0.5, 0.6) is 0 Å². The summed E-state index contributed by atoms with van der Waals surface area (Å²) in [6.07, 6.45) is 6.41. The Hall–Kier alpha value is -2.15. The minimum atomic E-state index is -0.554. The average Bonchev–Trinajstić information content (AvgIpc) is 3.03. The van der Waals surface area contributed by atoms with Crippen LogP contribution in [0.3, 0.4) is 0 Å². The van der Waals surface area contributed by atoms with E-state index in [0.717, 1.165) is 21.8 Å². The van der Waals surface area contributed by atoms with Crippen molar-refractivity contribution in [2.75, 3.05) is 6.54 Å². The molecular formula is C18H20N4OS. The van der Waals surface area contributed by atoms with Gasteiger partial charge in [-0.25, -0.2) is 4.98 Å². The molecule has 3 heterocycles. The molecule has 0 bridgehead atoms. The van der Waals surface area contributed by atoms with Gasteiger partial charge in [0.2, 0.25) is 0 Å². The van der Waals surface area contributed by atoms with Crippen LogP contribution in [-0.4, -0.2) is 26.6 Å². The fourth-order valence-corrected chi connectivity index (χ4v) is 3.59. The highest BCUT2D eigenvalue weighted by Gasteiger charge is 2.16. The van der Waals surface area contributed by atoms with Crippen molar-refractivity contribution in [2.45, 2.75) is 26.0 Å². The molecule has 0 aliphatic heterocycles. The molecule has 24 heavy (non-hydrogen) atoms. The number of thiazole rings is 1. The summed E-state index contributed by atoms with van der Waals surface area (Å²) in [6, 6.07) is 7.70. The number of rotatable bonds is 6. The van der Waals surface area contributed by atoms with Gasteiger partial charge in [-0.1, -0.05) is 0 Å². The van der Waals surface area contributed by atoms with E-state index in [-0.39, 0.29) is 6.04 Å². The van der Waals surface area contributed by atoms with Gasteiger partial charge in [-0.05, 0) is 43.7 Å². The molecule has 0 amide bonds. The van der Waals surface area contributed by atoms with Crippen LogP contribution < -0.4 is 5.32 Å². The predicted octanol–water partition coefficient (Wildman–Crippen LogP) is 3.29. The van der Waals surface area contributed by atoms with Gasteiger partial charge in [-0.3, -0.25) is 9.97 Å². The summed E-state index contributed by atoms with van der Waals surface area (Å²) in [4.78, 5) is 14.0. The Morgan fingerprint density at radius 3 is 2.67 bits per heavy atom. The number of aliphatic hydroxyl groups excluding tert-OH is 1. The first-order valence-corrected chi connectivity index (χ1v) is 8.66. The first-order valence-electron chi connectivity index (χ1n) is 7.84. The second kappa shape index (κ2) is 7.61. The van der Waals surface area contributed by atoms with Crippen LogP contribution in [0.2, 0.25) is 0 Å². The van der Waals surface area contributed by atoms with Crippen LogP contribution in [0.15, 0.2) is 49.1 Å². The lowest BCUT2D eigenvalue weighted by Crippen LogP contribution is -2.24. The fourth-order valence-electron chi connectivity index (χ4n) is 2.51. The van der Waals surface area contributed by atoms with E-state index in [2.05, 4.69) is 27.2 Å². The van der Waals surface area contributed by atoms with Crippen molar-refractivity contribution in [3.05, 3.63) is 65.2 Å². The van der Waals surface area contributed by atoms with E-state index in [1.807, 2.05) is 37.4 Å². The van der Waals surface area contributed by atoms with Gasteiger partial charge in [0, 0.05) is 47.8 Å². The SMILES string of the molecule is Cc1nc(-c2cccnc2)sc1C(C)NCC(O)c1ccncc1. The zero-order valence-electron chi connectivity index (χ0n) is 13.7. The van der Waals surface area contributed by atoms with E-state index in [1.165, 1.54) is 4.88 Å². The molecule has 3 rings (SSSR count). The van der Waals surface area contributed by atoms with E-state index >= 15 is 0 Å². The molecule has 2 atom stereocenters. The summed E-state index contributed by atoms with van der Waals surface area (Å²) < 4.78 is 0. The highest BCUT2D eigenvalue weighted by atomic mass is 32.1. The highest BCUT2D eigenvalue weighted by molar-refractivity contribution is 7.15. The largest absolute Gasteiger partial charge is 0.387 e. The number of nitrogens with zero attached hydrogens (tertiary/aromatic N) is 3. The topological polar surface area (TPSA) is 70.9 Å². The van der Waals surface area contributed by atoms with Crippen LogP contribution in [0.25, 0.3) is 10.6 Å². The van der Waals surface area contributed by atoms with E-state index in [1.54, 1.807) is 29.9 Å². The molecule has 0 radical (unpaired) electrons. The van der Waals surface area contributed by atoms with Crippen molar-refractivity contribution >= 4 is 11.3 Å². The number of hydrogen-bond donors (Lipinski definition) is 2. The van der Waals surface area contributed by atoms with Gasteiger partial charge in [0.25, 0.3) is 0 Å². The molecule has 0 saturated carbocycles. The van der Waals surface area contributed by atoms with Crippen LogP contribution in [0.1, 0.15) is 35.2 Å². The number of pyridine rings is 2. The van der Waals surface area contributed by atoms with Crippen molar-refractivity contribution in [1.29, 1.82) is 0 Å². The Morgan fingerprint density at radius 1 is 1.17 bits per heavy atom. The van der Waals surface area contributed by atoms with E-state index in [4.69, 9.17) is 0 Å². The zero-order valence-corrected chi connectivity index (χ0v) is 14.5. The molecular weight excluding hydrogens is 320 g/mol. The van der Waals surface area contributed by atoms with E-state index in [0.29, 0.717) is 6.54 Å². The first-order chi connectivity index (χ1) is 11.6. The summed E-state index contributed by atoms with van der Waals surface area (Å²) in [6.45, 7) is 4.58. The molecule has 3 aromatic heterocycles. The second-order valence-electron chi connectivity index (χ2n) is 5.64. The summed E-state index contributed by atoms with van der Waals surface area (Å²) in [5.74, 6) is 0. The summed E-state index contributed by atoms with van der Waals surface area (Å²) >= 11 is 1.66. The van der Waals surface area contributed by atoms with Crippen molar-refractivity contribution in [3.63, 3.8) is 0 Å². The Balaban J connectivity index is 1.67. The molecule has 124 valence electrons. The molecule has 0 fully saturated rings. The summed E-state index contributed by atoms with van der Waals surface area (Å²) in [5.41, 5.74) is 2.90. The number of aliphatic hydroxyl groups is 1. The molecule has 0 aliphatic carbocycles. The Bertz CT molecular complexity index is 776. The van der Waals surface area contributed by atoms with Crippen LogP contribution in [-0.2, 0) is 0 Å². The van der Waals surface area contributed by atoms with Gasteiger partial charge in [-0.15, -0.1) is 11.3 Å². The molecule has 6 heteroatoms. The third-order valence-corrected chi connectivity index (χ3v) is 5.23. The Labute approximate surface area is 145 Å². The standard InChI is InChI=1S/C18H20N4OS/c1-12(21-11-16(23)14-5-8-19-9-6-14)17-13(2)22-18(24-17)15-4-3-7-20-10-15/h3-10,12,16,21,23H,11H2,1-2H3. The maximum atomic E-state index is 10.3. The number of aromatic nitrogens is 3. The second-order valence-corrected chi connectivity index (χ2v) is 6.67. The highest BCUT2D eigenvalue weighted by Crippen LogP contribution is 2.31. The first kappa shape index (κ1) is 16.7.